The lowest BCUT2D eigenvalue weighted by molar-refractivity contribution is -0.116. The van der Waals surface area contributed by atoms with Crippen molar-refractivity contribution in [2.75, 3.05) is 5.32 Å². The Labute approximate surface area is 196 Å². The molecule has 1 amide bonds. The summed E-state index contributed by atoms with van der Waals surface area (Å²) in [5.41, 5.74) is 3.23. The topological polar surface area (TPSA) is 68.2 Å². The third-order valence-corrected chi connectivity index (χ3v) is 7.38. The van der Waals surface area contributed by atoms with Crippen molar-refractivity contribution in [3.8, 4) is 0 Å². The number of carbonyl (C=O) groups excluding carboxylic acids is 1. The van der Waals surface area contributed by atoms with E-state index in [4.69, 9.17) is 11.6 Å². The van der Waals surface area contributed by atoms with Crippen molar-refractivity contribution in [3.63, 3.8) is 0 Å². The third kappa shape index (κ3) is 4.94. The molecule has 0 aliphatic carbocycles. The van der Waals surface area contributed by atoms with Crippen LogP contribution in [-0.4, -0.2) is 18.9 Å². The van der Waals surface area contributed by atoms with Crippen LogP contribution in [0.5, 0.6) is 0 Å². The molecule has 8 heteroatoms. The first kappa shape index (κ1) is 23.0. The molecule has 0 saturated heterocycles. The average Bonchev–Trinajstić information content (AvgIpc) is 3.12. The molecular weight excluding hydrogens is 463 g/mol. The zero-order valence-electron chi connectivity index (χ0n) is 18.1. The molecule has 0 radical (unpaired) electrons. The molecule has 170 valence electrons. The molecule has 0 spiro atoms. The summed E-state index contributed by atoms with van der Waals surface area (Å²) in [6.45, 7) is 3.62. The number of nitrogens with one attached hydrogen (secondary N) is 1. The second-order valence-corrected chi connectivity index (χ2v) is 10.4. The number of sulfone groups is 1. The number of benzene rings is 3. The first-order valence-electron chi connectivity index (χ1n) is 10.3. The maximum atomic E-state index is 14.0. The van der Waals surface area contributed by atoms with Gasteiger partial charge in [-0.2, -0.15) is 0 Å². The van der Waals surface area contributed by atoms with Gasteiger partial charge in [0, 0.05) is 22.1 Å². The highest BCUT2D eigenvalue weighted by atomic mass is 35.5. The van der Waals surface area contributed by atoms with Crippen LogP contribution in [0.15, 0.2) is 71.8 Å². The van der Waals surface area contributed by atoms with E-state index < -0.39 is 21.6 Å². The number of amides is 1. The predicted molar refractivity (Wildman–Crippen MR) is 129 cm³/mol. The SMILES string of the molecule is Cc1ccc(C)c(CS(=O)(=O)c2cn(CC(=O)Nc3ccc(Cl)cc3F)c3ccccc23)c1. The number of halogens is 2. The van der Waals surface area contributed by atoms with Gasteiger partial charge in [0.1, 0.15) is 12.4 Å². The Balaban J connectivity index is 1.66. The molecule has 1 aromatic heterocycles. The third-order valence-electron chi connectivity index (χ3n) is 5.46. The van der Waals surface area contributed by atoms with E-state index in [9.17, 15) is 17.6 Å². The molecule has 33 heavy (non-hydrogen) atoms. The highest BCUT2D eigenvalue weighted by Gasteiger charge is 2.23. The molecular formula is C25H22ClFN2O3S. The highest BCUT2D eigenvalue weighted by molar-refractivity contribution is 7.90. The van der Waals surface area contributed by atoms with Gasteiger partial charge in [-0.15, -0.1) is 0 Å². The van der Waals surface area contributed by atoms with Crippen molar-refractivity contribution in [2.24, 2.45) is 0 Å². The maximum absolute atomic E-state index is 14.0. The van der Waals surface area contributed by atoms with Crippen LogP contribution in [0.1, 0.15) is 16.7 Å². The van der Waals surface area contributed by atoms with Crippen molar-refractivity contribution < 1.29 is 17.6 Å². The van der Waals surface area contributed by atoms with E-state index >= 15 is 0 Å². The fourth-order valence-electron chi connectivity index (χ4n) is 3.77. The molecule has 4 rings (SSSR count). The summed E-state index contributed by atoms with van der Waals surface area (Å²) in [4.78, 5) is 12.8. The van der Waals surface area contributed by atoms with E-state index in [2.05, 4.69) is 5.32 Å². The van der Waals surface area contributed by atoms with Crippen LogP contribution in [0.2, 0.25) is 5.02 Å². The van der Waals surface area contributed by atoms with E-state index in [1.165, 1.54) is 18.3 Å². The lowest BCUT2D eigenvalue weighted by Gasteiger charge is -2.09. The summed E-state index contributed by atoms with van der Waals surface area (Å²) < 4.78 is 42.3. The fraction of sp³-hybridized carbons (Fsp3) is 0.160. The Hall–Kier alpha value is -3.16. The van der Waals surface area contributed by atoms with E-state index in [1.807, 2.05) is 32.0 Å². The van der Waals surface area contributed by atoms with Crippen LogP contribution in [0.3, 0.4) is 0 Å². The van der Waals surface area contributed by atoms with Gasteiger partial charge in [-0.25, -0.2) is 12.8 Å². The molecule has 5 nitrogen and oxygen atoms in total. The van der Waals surface area contributed by atoms with Crippen molar-refractivity contribution in [2.45, 2.75) is 31.0 Å². The molecule has 4 aromatic rings. The number of aryl methyl sites for hydroxylation is 2. The van der Waals surface area contributed by atoms with Crippen LogP contribution in [0.4, 0.5) is 10.1 Å². The summed E-state index contributed by atoms with van der Waals surface area (Å²) >= 11 is 5.76. The van der Waals surface area contributed by atoms with Crippen LogP contribution >= 0.6 is 11.6 Å². The summed E-state index contributed by atoms with van der Waals surface area (Å²) in [6.07, 6.45) is 1.48. The molecule has 0 atom stereocenters. The Morgan fingerprint density at radius 1 is 1.06 bits per heavy atom. The Kier molecular flexibility index (Phi) is 6.28. The summed E-state index contributed by atoms with van der Waals surface area (Å²) in [6, 6.07) is 16.7. The molecule has 0 unspecified atom stereocenters. The monoisotopic (exact) mass is 484 g/mol. The minimum absolute atomic E-state index is 0.00336. The van der Waals surface area contributed by atoms with Crippen molar-refractivity contribution in [1.29, 1.82) is 0 Å². The number of hydrogen-bond acceptors (Lipinski definition) is 3. The van der Waals surface area contributed by atoms with Gasteiger partial charge >= 0.3 is 0 Å². The summed E-state index contributed by atoms with van der Waals surface area (Å²) in [5, 5.41) is 3.27. The number of hydrogen-bond donors (Lipinski definition) is 1. The van der Waals surface area contributed by atoms with E-state index in [0.717, 1.165) is 22.8 Å². The highest BCUT2D eigenvalue weighted by Crippen LogP contribution is 2.29. The maximum Gasteiger partial charge on any atom is 0.244 e. The van der Waals surface area contributed by atoms with E-state index in [0.29, 0.717) is 10.9 Å². The summed E-state index contributed by atoms with van der Waals surface area (Å²) in [7, 11) is -3.69. The number of anilines is 1. The lowest BCUT2D eigenvalue weighted by atomic mass is 10.1. The molecule has 1 N–H and O–H groups in total. The van der Waals surface area contributed by atoms with Crippen LogP contribution in [0, 0.1) is 19.7 Å². The zero-order valence-corrected chi connectivity index (χ0v) is 19.7. The number of aromatic nitrogens is 1. The molecule has 3 aromatic carbocycles. The second-order valence-electron chi connectivity index (χ2n) is 8.00. The van der Waals surface area contributed by atoms with Gasteiger partial charge in [0.25, 0.3) is 0 Å². The van der Waals surface area contributed by atoms with Crippen molar-refractivity contribution in [1.82, 2.24) is 4.57 Å². The number of fused-ring (bicyclic) bond motifs is 1. The largest absolute Gasteiger partial charge is 0.337 e. The number of rotatable bonds is 6. The normalized spacial score (nSPS) is 11.6. The van der Waals surface area contributed by atoms with Gasteiger partial charge in [0.15, 0.2) is 9.84 Å². The van der Waals surface area contributed by atoms with E-state index in [1.54, 1.807) is 28.8 Å². The van der Waals surface area contributed by atoms with Gasteiger partial charge in [-0.05, 0) is 49.2 Å². The number of carbonyl (C=O) groups is 1. The Bertz CT molecular complexity index is 1480. The van der Waals surface area contributed by atoms with Crippen LogP contribution in [0.25, 0.3) is 10.9 Å². The quantitative estimate of drug-likeness (QED) is 0.383. The lowest BCUT2D eigenvalue weighted by Crippen LogP contribution is -2.19. The predicted octanol–water partition coefficient (Wildman–Crippen LogP) is 5.66. The van der Waals surface area contributed by atoms with E-state index in [-0.39, 0.29) is 27.9 Å². The van der Waals surface area contributed by atoms with Gasteiger partial charge in [-0.1, -0.05) is 53.6 Å². The molecule has 0 aliphatic heterocycles. The minimum Gasteiger partial charge on any atom is -0.337 e. The molecule has 1 heterocycles. The van der Waals surface area contributed by atoms with Gasteiger partial charge in [-0.3, -0.25) is 4.79 Å². The first-order valence-corrected chi connectivity index (χ1v) is 12.3. The van der Waals surface area contributed by atoms with Crippen molar-refractivity contribution >= 4 is 43.9 Å². The van der Waals surface area contributed by atoms with Crippen LogP contribution in [-0.2, 0) is 26.9 Å². The zero-order chi connectivity index (χ0) is 23.8. The van der Waals surface area contributed by atoms with Gasteiger partial charge in [0.05, 0.1) is 16.3 Å². The van der Waals surface area contributed by atoms with Crippen molar-refractivity contribution in [3.05, 3.63) is 94.4 Å². The first-order chi connectivity index (χ1) is 15.6. The molecule has 0 saturated carbocycles. The summed E-state index contributed by atoms with van der Waals surface area (Å²) in [5.74, 6) is -1.28. The molecule has 0 aliphatic rings. The standard InChI is InChI=1S/C25H22ClFN2O3S/c1-16-7-8-17(2)18(11-16)15-33(31,32)24-13-29(23-6-4-3-5-20(23)24)14-25(30)28-22-10-9-19(26)12-21(22)27/h3-13H,14-15H2,1-2H3,(H,28,30). The second kappa shape index (κ2) is 9.00. The smallest absolute Gasteiger partial charge is 0.244 e. The van der Waals surface area contributed by atoms with Gasteiger partial charge < -0.3 is 9.88 Å². The number of para-hydroxylation sites is 1. The van der Waals surface area contributed by atoms with Crippen LogP contribution < -0.4 is 5.32 Å². The number of nitrogens with zero attached hydrogens (tertiary/aromatic N) is 1. The molecule has 0 bridgehead atoms. The fourth-order valence-corrected chi connectivity index (χ4v) is 5.60. The molecule has 0 fully saturated rings. The van der Waals surface area contributed by atoms with Gasteiger partial charge in [0.2, 0.25) is 5.91 Å². The Morgan fingerprint density at radius 3 is 2.58 bits per heavy atom. The average molecular weight is 485 g/mol. The Morgan fingerprint density at radius 2 is 1.82 bits per heavy atom. The minimum atomic E-state index is -3.69.